The van der Waals surface area contributed by atoms with Crippen LogP contribution in [0.1, 0.15) is 34.1 Å². The number of rotatable bonds is 8. The van der Waals surface area contributed by atoms with E-state index in [2.05, 4.69) is 5.32 Å². The number of thioether (sulfide) groups is 1. The summed E-state index contributed by atoms with van der Waals surface area (Å²) in [4.78, 5) is 62.0. The highest BCUT2D eigenvalue weighted by molar-refractivity contribution is 8.00. The van der Waals surface area contributed by atoms with Crippen molar-refractivity contribution in [3.63, 3.8) is 0 Å². The van der Waals surface area contributed by atoms with Crippen LogP contribution in [-0.2, 0) is 14.3 Å². The van der Waals surface area contributed by atoms with E-state index in [9.17, 15) is 29.3 Å². The lowest BCUT2D eigenvalue weighted by molar-refractivity contribution is -0.384. The van der Waals surface area contributed by atoms with Crippen molar-refractivity contribution in [1.29, 1.82) is 0 Å². The number of nitro groups is 1. The Morgan fingerprint density at radius 3 is 2.41 bits per heavy atom. The number of benzene rings is 3. The van der Waals surface area contributed by atoms with Gasteiger partial charge >= 0.3 is 5.97 Å². The van der Waals surface area contributed by atoms with Crippen LogP contribution in [0.5, 0.6) is 0 Å². The van der Waals surface area contributed by atoms with Gasteiger partial charge in [-0.05, 0) is 61.5 Å². The number of carbonyl (C=O) groups excluding carboxylic acids is 4. The number of esters is 1. The summed E-state index contributed by atoms with van der Waals surface area (Å²) >= 11 is 1.23. The predicted octanol–water partition coefficient (Wildman–Crippen LogP) is 4.45. The molecule has 1 atom stereocenters. The second-order valence-corrected chi connectivity index (χ2v) is 9.21. The monoisotopic (exact) mass is 519 g/mol. The van der Waals surface area contributed by atoms with Gasteiger partial charge in [-0.3, -0.25) is 24.5 Å². The van der Waals surface area contributed by atoms with Crippen LogP contribution < -0.4 is 10.2 Å². The summed E-state index contributed by atoms with van der Waals surface area (Å²) in [6.45, 7) is 1.95. The zero-order valence-electron chi connectivity index (χ0n) is 19.6. The zero-order valence-corrected chi connectivity index (χ0v) is 20.4. The van der Waals surface area contributed by atoms with Gasteiger partial charge in [-0.2, -0.15) is 0 Å². The fourth-order valence-corrected chi connectivity index (χ4v) is 4.73. The minimum absolute atomic E-state index is 0.0222. The predicted molar refractivity (Wildman–Crippen MR) is 137 cm³/mol. The van der Waals surface area contributed by atoms with Gasteiger partial charge in [0, 0.05) is 34.7 Å². The Labute approximate surface area is 215 Å². The molecule has 3 amide bonds. The number of ether oxygens (including phenoxy) is 1. The molecule has 1 fully saturated rings. The number of anilines is 2. The van der Waals surface area contributed by atoms with Crippen LogP contribution >= 0.6 is 11.8 Å². The SMILES string of the molecule is CCOC(=O)c1ccc(N2C(=O)CC(Sc3ccc(NC(=O)c4cccc([N+](=O)[O-])c4)cc3)C2=O)cc1. The van der Waals surface area contributed by atoms with Crippen molar-refractivity contribution >= 4 is 52.5 Å². The Hall–Kier alpha value is -4.51. The van der Waals surface area contributed by atoms with Crippen LogP contribution in [0.2, 0.25) is 0 Å². The van der Waals surface area contributed by atoms with Crippen LogP contribution in [-0.4, -0.2) is 40.5 Å². The van der Waals surface area contributed by atoms with E-state index in [1.807, 2.05) is 0 Å². The van der Waals surface area contributed by atoms with Gasteiger partial charge in [-0.25, -0.2) is 9.69 Å². The van der Waals surface area contributed by atoms with Crippen LogP contribution in [0, 0.1) is 10.1 Å². The van der Waals surface area contributed by atoms with Gasteiger partial charge in [0.2, 0.25) is 11.8 Å². The first-order valence-electron chi connectivity index (χ1n) is 11.2. The maximum Gasteiger partial charge on any atom is 0.338 e. The van der Waals surface area contributed by atoms with Crippen LogP contribution in [0.4, 0.5) is 17.1 Å². The fourth-order valence-electron chi connectivity index (χ4n) is 3.67. The molecule has 1 saturated heterocycles. The van der Waals surface area contributed by atoms with E-state index in [0.717, 1.165) is 9.80 Å². The summed E-state index contributed by atoms with van der Waals surface area (Å²) in [6, 6.07) is 18.2. The summed E-state index contributed by atoms with van der Waals surface area (Å²) in [7, 11) is 0. The molecule has 37 heavy (non-hydrogen) atoms. The lowest BCUT2D eigenvalue weighted by atomic mass is 10.2. The van der Waals surface area contributed by atoms with E-state index >= 15 is 0 Å². The molecule has 3 aromatic carbocycles. The molecule has 11 heteroatoms. The highest BCUT2D eigenvalue weighted by Gasteiger charge is 2.40. The van der Waals surface area contributed by atoms with Gasteiger partial charge in [0.1, 0.15) is 0 Å². The van der Waals surface area contributed by atoms with E-state index in [4.69, 9.17) is 4.74 Å². The molecule has 1 aliphatic heterocycles. The molecular formula is C26H21N3O7S. The van der Waals surface area contributed by atoms with Gasteiger partial charge in [0.15, 0.2) is 0 Å². The van der Waals surface area contributed by atoms with Crippen LogP contribution in [0.15, 0.2) is 77.7 Å². The Kier molecular flexibility index (Phi) is 7.63. The average Bonchev–Trinajstić information content (AvgIpc) is 3.17. The van der Waals surface area contributed by atoms with Crippen molar-refractivity contribution in [3.05, 3.63) is 94.0 Å². The van der Waals surface area contributed by atoms with Gasteiger partial charge in [0.25, 0.3) is 11.6 Å². The van der Waals surface area contributed by atoms with Crippen molar-refractivity contribution in [2.45, 2.75) is 23.5 Å². The molecule has 3 aromatic rings. The molecule has 1 N–H and O–H groups in total. The second kappa shape index (κ2) is 11.0. The standard InChI is InChI=1S/C26H21N3O7S/c1-2-36-26(33)16-6-10-19(11-7-16)28-23(30)15-22(25(28)32)37-21-12-8-18(9-13-21)27-24(31)17-4-3-5-20(14-17)29(34)35/h3-14,22H,2,15H2,1H3,(H,27,31). The number of nitrogens with zero attached hydrogens (tertiary/aromatic N) is 2. The molecule has 0 spiro atoms. The van der Waals surface area contributed by atoms with Crippen molar-refractivity contribution in [1.82, 2.24) is 0 Å². The zero-order chi connectivity index (χ0) is 26.5. The second-order valence-electron chi connectivity index (χ2n) is 7.93. The number of hydrogen-bond acceptors (Lipinski definition) is 8. The van der Waals surface area contributed by atoms with E-state index in [1.54, 1.807) is 31.2 Å². The number of carbonyl (C=O) groups is 4. The Balaban J connectivity index is 1.39. The molecule has 0 aromatic heterocycles. The first-order valence-corrected chi connectivity index (χ1v) is 12.1. The highest BCUT2D eigenvalue weighted by Crippen LogP contribution is 2.34. The Morgan fingerprint density at radius 2 is 1.76 bits per heavy atom. The third-order valence-corrected chi connectivity index (χ3v) is 6.65. The van der Waals surface area contributed by atoms with Gasteiger partial charge in [-0.15, -0.1) is 11.8 Å². The molecule has 188 valence electrons. The Bertz CT molecular complexity index is 1370. The van der Waals surface area contributed by atoms with Crippen LogP contribution in [0.25, 0.3) is 0 Å². The molecule has 0 radical (unpaired) electrons. The van der Waals surface area contributed by atoms with Crippen molar-refractivity contribution in [3.8, 4) is 0 Å². The number of amides is 3. The van der Waals surface area contributed by atoms with Crippen molar-refractivity contribution in [2.24, 2.45) is 0 Å². The van der Waals surface area contributed by atoms with E-state index < -0.39 is 22.0 Å². The van der Waals surface area contributed by atoms with E-state index in [-0.39, 0.29) is 36.1 Å². The summed E-state index contributed by atoms with van der Waals surface area (Å²) in [5.74, 6) is -1.68. The maximum absolute atomic E-state index is 13.0. The number of nitrogens with one attached hydrogen (secondary N) is 1. The van der Waals surface area contributed by atoms with E-state index in [0.29, 0.717) is 16.9 Å². The van der Waals surface area contributed by atoms with E-state index in [1.165, 1.54) is 60.3 Å². The van der Waals surface area contributed by atoms with Crippen molar-refractivity contribution < 1.29 is 28.8 Å². The third kappa shape index (κ3) is 5.84. The van der Waals surface area contributed by atoms with Gasteiger partial charge in [-0.1, -0.05) is 6.07 Å². The maximum atomic E-state index is 13.0. The molecule has 0 aliphatic carbocycles. The molecular weight excluding hydrogens is 498 g/mol. The first-order chi connectivity index (χ1) is 17.8. The normalized spacial score (nSPS) is 14.9. The molecule has 4 rings (SSSR count). The number of imide groups is 1. The van der Waals surface area contributed by atoms with Crippen molar-refractivity contribution in [2.75, 3.05) is 16.8 Å². The summed E-state index contributed by atoms with van der Waals surface area (Å²) < 4.78 is 4.95. The summed E-state index contributed by atoms with van der Waals surface area (Å²) in [6.07, 6.45) is 0.0222. The highest BCUT2D eigenvalue weighted by atomic mass is 32.2. The topological polar surface area (TPSA) is 136 Å². The lowest BCUT2D eigenvalue weighted by Gasteiger charge is -2.15. The molecule has 0 saturated carbocycles. The van der Waals surface area contributed by atoms with Gasteiger partial charge in [0.05, 0.1) is 28.0 Å². The molecule has 0 bridgehead atoms. The molecule has 1 heterocycles. The Morgan fingerprint density at radius 1 is 1.05 bits per heavy atom. The quantitative estimate of drug-likeness (QED) is 0.200. The molecule has 1 unspecified atom stereocenters. The fraction of sp³-hybridized carbons (Fsp3) is 0.154. The number of non-ortho nitro benzene ring substituents is 1. The third-order valence-electron chi connectivity index (χ3n) is 5.45. The lowest BCUT2D eigenvalue weighted by Crippen LogP contribution is -2.31. The first kappa shape index (κ1) is 25.6. The summed E-state index contributed by atoms with van der Waals surface area (Å²) in [5, 5.41) is 13.0. The average molecular weight is 520 g/mol. The minimum atomic E-state index is -0.623. The van der Waals surface area contributed by atoms with Crippen LogP contribution in [0.3, 0.4) is 0 Å². The smallest absolute Gasteiger partial charge is 0.338 e. The molecule has 10 nitrogen and oxygen atoms in total. The summed E-state index contributed by atoms with van der Waals surface area (Å²) in [5.41, 5.74) is 1.15. The largest absolute Gasteiger partial charge is 0.462 e. The van der Waals surface area contributed by atoms with Gasteiger partial charge < -0.3 is 10.1 Å². The number of nitro benzene ring substituents is 1. The number of hydrogen-bond donors (Lipinski definition) is 1. The molecule has 1 aliphatic rings. The minimum Gasteiger partial charge on any atom is -0.462 e.